The summed E-state index contributed by atoms with van der Waals surface area (Å²) in [7, 11) is -4.61. The first kappa shape index (κ1) is 38.3. The number of likely N-dealkylation sites (tertiary alicyclic amines) is 2. The van der Waals surface area contributed by atoms with Gasteiger partial charge in [0.1, 0.15) is 16.4 Å². The number of hydrogen-bond acceptors (Lipinski definition) is 6. The number of ether oxygens (including phenoxy) is 1. The minimum atomic E-state index is -6.23. The molecule has 276 valence electrons. The van der Waals surface area contributed by atoms with Gasteiger partial charge in [-0.25, -0.2) is 22.0 Å². The standard InChI is InChI=1S/C33H28F8N6O4S/c34-27-2-1-3-28(35)26(27)19-51-31(32(36,37)38,33(39,40)41)23-6-4-22(5-7-23)30(52(49,50)25-10-8-24(9-11-25)44-45-43)14-17-47(20-30)29(48)46-15-12-21(18-42)13-16-46/h1-11,21H,12-17,19-20H2/t30-/m0/s1. The fourth-order valence-electron chi connectivity index (χ4n) is 6.52. The molecule has 52 heavy (non-hydrogen) atoms. The highest BCUT2D eigenvalue weighted by molar-refractivity contribution is 7.92. The third kappa shape index (κ3) is 6.73. The second kappa shape index (κ2) is 14.2. The van der Waals surface area contributed by atoms with Crippen LogP contribution in [0.3, 0.4) is 0 Å². The van der Waals surface area contributed by atoms with Gasteiger partial charge < -0.3 is 14.5 Å². The number of azide groups is 1. The Morgan fingerprint density at radius 1 is 0.923 bits per heavy atom. The molecular weight excluding hydrogens is 728 g/mol. The zero-order chi connectivity index (χ0) is 38.1. The molecule has 0 aliphatic carbocycles. The number of urea groups is 1. The van der Waals surface area contributed by atoms with E-state index in [2.05, 4.69) is 20.8 Å². The van der Waals surface area contributed by atoms with Crippen LogP contribution in [0.5, 0.6) is 0 Å². The molecule has 3 aromatic carbocycles. The van der Waals surface area contributed by atoms with Crippen molar-refractivity contribution < 1.29 is 53.1 Å². The van der Waals surface area contributed by atoms with Gasteiger partial charge >= 0.3 is 18.4 Å². The van der Waals surface area contributed by atoms with Crippen LogP contribution >= 0.6 is 0 Å². The Kier molecular flexibility index (Phi) is 10.5. The van der Waals surface area contributed by atoms with E-state index in [1.807, 2.05) is 0 Å². The van der Waals surface area contributed by atoms with E-state index in [-0.39, 0.29) is 48.1 Å². The first-order chi connectivity index (χ1) is 24.4. The maximum absolute atomic E-state index is 14.6. The van der Waals surface area contributed by atoms with Crippen LogP contribution in [0.2, 0.25) is 0 Å². The maximum Gasteiger partial charge on any atom is 0.430 e. The van der Waals surface area contributed by atoms with Gasteiger partial charge in [-0.3, -0.25) is 0 Å². The highest BCUT2D eigenvalue weighted by atomic mass is 32.2. The van der Waals surface area contributed by atoms with Crippen molar-refractivity contribution in [1.29, 1.82) is 5.26 Å². The summed E-state index contributed by atoms with van der Waals surface area (Å²) in [6.45, 7) is -2.07. The van der Waals surface area contributed by atoms with Crippen molar-refractivity contribution in [3.63, 3.8) is 0 Å². The molecule has 5 rings (SSSR count). The fraction of sp³-hybridized carbons (Fsp3) is 0.394. The first-order valence-corrected chi connectivity index (χ1v) is 17.0. The second-order valence-electron chi connectivity index (χ2n) is 12.3. The predicted molar refractivity (Wildman–Crippen MR) is 167 cm³/mol. The topological polar surface area (TPSA) is 139 Å². The van der Waals surface area contributed by atoms with E-state index in [4.69, 9.17) is 5.53 Å². The van der Waals surface area contributed by atoms with Crippen LogP contribution in [-0.4, -0.2) is 62.8 Å². The number of carbonyl (C=O) groups excluding carboxylic acids is 1. The van der Waals surface area contributed by atoms with Gasteiger partial charge in [0.2, 0.25) is 0 Å². The molecule has 19 heteroatoms. The average molecular weight is 757 g/mol. The quantitative estimate of drug-likeness (QED) is 0.0988. The third-order valence-electron chi connectivity index (χ3n) is 9.38. The first-order valence-electron chi connectivity index (χ1n) is 15.6. The molecule has 10 nitrogen and oxygen atoms in total. The smallest absolute Gasteiger partial charge is 0.349 e. The highest BCUT2D eigenvalue weighted by Crippen LogP contribution is 2.54. The summed E-state index contributed by atoms with van der Waals surface area (Å²) < 4.78 is 147. The van der Waals surface area contributed by atoms with Gasteiger partial charge in [0.15, 0.2) is 9.84 Å². The third-order valence-corrected chi connectivity index (χ3v) is 11.9. The van der Waals surface area contributed by atoms with Crippen molar-refractivity contribution in [1.82, 2.24) is 9.80 Å². The molecule has 0 N–H and O–H groups in total. The summed E-state index contributed by atoms with van der Waals surface area (Å²) in [6.07, 6.45) is -12.0. The molecule has 3 aromatic rings. The fourth-order valence-corrected chi connectivity index (χ4v) is 8.60. The summed E-state index contributed by atoms with van der Waals surface area (Å²) in [6, 6.07) is 10.6. The van der Waals surface area contributed by atoms with Gasteiger partial charge in [-0.2, -0.15) is 31.6 Å². The van der Waals surface area contributed by atoms with Gasteiger partial charge in [0.25, 0.3) is 5.60 Å². The lowest BCUT2D eigenvalue weighted by atomic mass is 9.88. The van der Waals surface area contributed by atoms with E-state index >= 15 is 0 Å². The number of halogens is 8. The van der Waals surface area contributed by atoms with Crippen molar-refractivity contribution in [3.05, 3.63) is 105 Å². The lowest BCUT2D eigenvalue weighted by Crippen LogP contribution is -2.56. The second-order valence-corrected chi connectivity index (χ2v) is 14.5. The van der Waals surface area contributed by atoms with Crippen molar-refractivity contribution in [2.45, 2.75) is 53.5 Å². The molecule has 2 heterocycles. The van der Waals surface area contributed by atoms with Gasteiger partial charge in [-0.05, 0) is 54.6 Å². The molecular formula is C33H28F8N6O4S. The van der Waals surface area contributed by atoms with E-state index in [1.54, 1.807) is 0 Å². The molecule has 2 fully saturated rings. The number of piperidine rings is 1. The normalized spacial score (nSPS) is 18.9. The largest absolute Gasteiger partial charge is 0.430 e. The van der Waals surface area contributed by atoms with E-state index in [0.717, 1.165) is 30.3 Å². The molecule has 2 aliphatic rings. The molecule has 0 unspecified atom stereocenters. The summed E-state index contributed by atoms with van der Waals surface area (Å²) in [5.41, 5.74) is 0.680. The minimum Gasteiger partial charge on any atom is -0.349 e. The Morgan fingerprint density at radius 3 is 2.02 bits per heavy atom. The van der Waals surface area contributed by atoms with Crippen molar-refractivity contribution >= 4 is 21.6 Å². The van der Waals surface area contributed by atoms with Gasteiger partial charge in [-0.15, -0.1) is 0 Å². The van der Waals surface area contributed by atoms with Crippen molar-refractivity contribution in [2.75, 3.05) is 26.2 Å². The molecule has 0 spiro atoms. The molecule has 2 aliphatic heterocycles. The zero-order valence-corrected chi connectivity index (χ0v) is 27.6. The Hall–Kier alpha value is -4.92. The van der Waals surface area contributed by atoms with Crippen LogP contribution in [0, 0.1) is 28.9 Å². The van der Waals surface area contributed by atoms with Crippen molar-refractivity contribution in [3.8, 4) is 6.07 Å². The Morgan fingerprint density at radius 2 is 1.50 bits per heavy atom. The lowest BCUT2D eigenvalue weighted by molar-refractivity contribution is -0.392. The highest BCUT2D eigenvalue weighted by Gasteiger charge is 2.73. The zero-order valence-electron chi connectivity index (χ0n) is 26.8. The van der Waals surface area contributed by atoms with Crippen LogP contribution in [-0.2, 0) is 31.5 Å². The van der Waals surface area contributed by atoms with E-state index in [0.29, 0.717) is 37.1 Å². The van der Waals surface area contributed by atoms with Crippen LogP contribution in [0.4, 0.5) is 45.6 Å². The average Bonchev–Trinajstić information content (AvgIpc) is 3.56. The SMILES string of the molecule is N#CC1CCN(C(=O)N2CC[C@](c3ccc(C(OCc4c(F)cccc4F)(C(F)(F)F)C(F)(F)F)cc3)(S(=O)(=O)c3ccc(N=[N+]=[N-])cc3)C2)CC1. The molecule has 2 saturated heterocycles. The van der Waals surface area contributed by atoms with Crippen LogP contribution in [0.1, 0.15) is 36.0 Å². The number of alkyl halides is 6. The number of nitrogens with zero attached hydrogens (tertiary/aromatic N) is 6. The van der Waals surface area contributed by atoms with Gasteiger partial charge in [0, 0.05) is 53.8 Å². The molecule has 1 atom stereocenters. The van der Waals surface area contributed by atoms with Crippen LogP contribution < -0.4 is 0 Å². The summed E-state index contributed by atoms with van der Waals surface area (Å²) in [5.74, 6) is -3.16. The van der Waals surface area contributed by atoms with E-state index in [9.17, 15) is 53.6 Å². The van der Waals surface area contributed by atoms with E-state index < -0.39 is 74.5 Å². The van der Waals surface area contributed by atoms with Crippen LogP contribution in [0.25, 0.3) is 10.4 Å². The van der Waals surface area contributed by atoms with Crippen LogP contribution in [0.15, 0.2) is 76.7 Å². The molecule has 0 radical (unpaired) electrons. The van der Waals surface area contributed by atoms with E-state index in [1.165, 1.54) is 21.9 Å². The molecule has 2 amide bonds. The molecule has 0 bridgehead atoms. The predicted octanol–water partition coefficient (Wildman–Crippen LogP) is 8.17. The number of rotatable bonds is 8. The van der Waals surface area contributed by atoms with Crippen molar-refractivity contribution in [2.24, 2.45) is 11.0 Å². The summed E-state index contributed by atoms with van der Waals surface area (Å²) in [5, 5.41) is 12.6. The number of amides is 2. The summed E-state index contributed by atoms with van der Waals surface area (Å²) >= 11 is 0. The maximum atomic E-state index is 14.6. The monoisotopic (exact) mass is 756 g/mol. The van der Waals surface area contributed by atoms with Gasteiger partial charge in [-0.1, -0.05) is 47.6 Å². The Labute approximate surface area is 291 Å². The Bertz CT molecular complexity index is 1970. The van der Waals surface area contributed by atoms with Gasteiger partial charge in [0.05, 0.1) is 17.6 Å². The minimum absolute atomic E-state index is 0.0507. The number of hydrogen-bond donors (Lipinski definition) is 0. The Balaban J connectivity index is 1.59. The number of benzene rings is 3. The number of carbonyl (C=O) groups is 1. The number of nitriles is 1. The summed E-state index contributed by atoms with van der Waals surface area (Å²) in [4.78, 5) is 18.5. The number of sulfone groups is 1. The molecule has 0 aromatic heterocycles. The lowest BCUT2D eigenvalue weighted by Gasteiger charge is -2.38. The molecule has 0 saturated carbocycles.